The zero-order chi connectivity index (χ0) is 17.4. The summed E-state index contributed by atoms with van der Waals surface area (Å²) in [4.78, 5) is 37.6. The maximum absolute atomic E-state index is 12.3. The second-order valence-corrected chi connectivity index (χ2v) is 5.75. The van der Waals surface area contributed by atoms with E-state index in [1.165, 1.54) is 6.92 Å². The molecule has 6 nitrogen and oxygen atoms in total. The fourth-order valence-electron chi connectivity index (χ4n) is 2.72. The molecule has 0 saturated carbocycles. The van der Waals surface area contributed by atoms with Gasteiger partial charge in [0, 0.05) is 24.2 Å². The van der Waals surface area contributed by atoms with Crippen molar-refractivity contribution in [1.29, 1.82) is 0 Å². The molecule has 0 spiro atoms. The number of unbranched alkanes of at least 4 members (excludes halogenated alkanes) is 2. The largest absolute Gasteiger partial charge is 0.481 e. The summed E-state index contributed by atoms with van der Waals surface area (Å²) in [5, 5.41) is 11.4. The second-order valence-electron chi connectivity index (χ2n) is 5.75. The summed E-state index contributed by atoms with van der Waals surface area (Å²) in [5.74, 6) is -1.03. The lowest BCUT2D eigenvalue weighted by atomic mass is 10.0. The first-order valence-electron chi connectivity index (χ1n) is 8.10. The third-order valence-electron chi connectivity index (χ3n) is 3.72. The molecule has 128 valence electrons. The SMILES string of the molecule is CCCc1c(C(=O)NCCCCCC(=O)O)[nH]c(C)c1C(C)=O. The highest BCUT2D eigenvalue weighted by atomic mass is 16.4. The Morgan fingerprint density at radius 3 is 2.43 bits per heavy atom. The van der Waals surface area contributed by atoms with Gasteiger partial charge in [0.2, 0.25) is 0 Å². The number of hydrogen-bond acceptors (Lipinski definition) is 3. The van der Waals surface area contributed by atoms with Crippen LogP contribution in [0.1, 0.15) is 78.1 Å². The number of carbonyl (C=O) groups excluding carboxylic acids is 2. The Hall–Kier alpha value is -2.11. The third-order valence-corrected chi connectivity index (χ3v) is 3.72. The first-order valence-corrected chi connectivity index (χ1v) is 8.10. The average molecular weight is 322 g/mol. The maximum atomic E-state index is 12.3. The van der Waals surface area contributed by atoms with Crippen molar-refractivity contribution in [2.75, 3.05) is 6.54 Å². The molecule has 0 fully saturated rings. The highest BCUT2D eigenvalue weighted by Crippen LogP contribution is 2.21. The van der Waals surface area contributed by atoms with E-state index in [1.807, 2.05) is 6.92 Å². The van der Waals surface area contributed by atoms with Crippen molar-refractivity contribution < 1.29 is 19.5 Å². The number of carboxylic acids is 1. The molecular formula is C17H26N2O4. The molecule has 1 aromatic heterocycles. The Morgan fingerprint density at radius 2 is 1.87 bits per heavy atom. The molecule has 0 radical (unpaired) electrons. The van der Waals surface area contributed by atoms with Crippen LogP contribution >= 0.6 is 0 Å². The molecule has 0 atom stereocenters. The molecular weight excluding hydrogens is 296 g/mol. The molecule has 23 heavy (non-hydrogen) atoms. The molecule has 0 aliphatic carbocycles. The molecule has 1 rings (SSSR count). The molecule has 1 amide bonds. The van der Waals surface area contributed by atoms with Crippen LogP contribution < -0.4 is 5.32 Å². The standard InChI is InChI=1S/C17H26N2O4/c1-4-8-13-15(12(3)20)11(2)19-16(13)17(23)18-10-7-5-6-9-14(21)22/h19H,4-10H2,1-3H3,(H,18,23)(H,21,22). The van der Waals surface area contributed by atoms with Crippen LogP contribution in [-0.2, 0) is 11.2 Å². The number of Topliss-reactive ketones (excluding diaryl/α,β-unsaturated/α-hetero) is 1. The van der Waals surface area contributed by atoms with E-state index in [4.69, 9.17) is 5.11 Å². The smallest absolute Gasteiger partial charge is 0.303 e. The predicted molar refractivity (Wildman–Crippen MR) is 88.0 cm³/mol. The number of aromatic nitrogens is 1. The topological polar surface area (TPSA) is 99.3 Å². The number of aromatic amines is 1. The molecule has 1 heterocycles. The van der Waals surface area contributed by atoms with Crippen molar-refractivity contribution in [3.05, 3.63) is 22.5 Å². The number of rotatable bonds is 10. The third kappa shape index (κ3) is 5.54. The lowest BCUT2D eigenvalue weighted by Gasteiger charge is -2.07. The summed E-state index contributed by atoms with van der Waals surface area (Å²) in [7, 11) is 0. The van der Waals surface area contributed by atoms with Gasteiger partial charge in [-0.15, -0.1) is 0 Å². The molecule has 0 aliphatic rings. The van der Waals surface area contributed by atoms with E-state index in [-0.39, 0.29) is 18.1 Å². The fraction of sp³-hybridized carbons (Fsp3) is 0.588. The van der Waals surface area contributed by atoms with Crippen LogP contribution in [-0.4, -0.2) is 34.3 Å². The van der Waals surface area contributed by atoms with Gasteiger partial charge in [-0.05, 0) is 38.7 Å². The van der Waals surface area contributed by atoms with Gasteiger partial charge >= 0.3 is 5.97 Å². The Morgan fingerprint density at radius 1 is 1.17 bits per heavy atom. The zero-order valence-corrected chi connectivity index (χ0v) is 14.1. The van der Waals surface area contributed by atoms with Gasteiger partial charge in [0.15, 0.2) is 5.78 Å². The van der Waals surface area contributed by atoms with Gasteiger partial charge in [-0.2, -0.15) is 0 Å². The predicted octanol–water partition coefficient (Wildman–Crippen LogP) is 2.85. The molecule has 0 bridgehead atoms. The minimum Gasteiger partial charge on any atom is -0.481 e. The van der Waals surface area contributed by atoms with E-state index in [0.29, 0.717) is 30.6 Å². The van der Waals surface area contributed by atoms with Crippen LogP contribution in [0.25, 0.3) is 0 Å². The van der Waals surface area contributed by atoms with E-state index in [9.17, 15) is 14.4 Å². The van der Waals surface area contributed by atoms with Crippen LogP contribution in [0.15, 0.2) is 0 Å². The van der Waals surface area contributed by atoms with Gasteiger partial charge in [0.25, 0.3) is 5.91 Å². The summed E-state index contributed by atoms with van der Waals surface area (Å²) >= 11 is 0. The van der Waals surface area contributed by atoms with Gasteiger partial charge in [-0.1, -0.05) is 19.8 Å². The highest BCUT2D eigenvalue weighted by molar-refractivity contribution is 6.02. The summed E-state index contributed by atoms with van der Waals surface area (Å²) in [5.41, 5.74) is 2.62. The van der Waals surface area contributed by atoms with Crippen LogP contribution in [0.2, 0.25) is 0 Å². The number of carboxylic acid groups (broad SMARTS) is 1. The van der Waals surface area contributed by atoms with Gasteiger partial charge in [0.1, 0.15) is 5.69 Å². The van der Waals surface area contributed by atoms with Crippen molar-refractivity contribution in [2.24, 2.45) is 0 Å². The lowest BCUT2D eigenvalue weighted by Crippen LogP contribution is -2.26. The number of carbonyl (C=O) groups is 3. The summed E-state index contributed by atoms with van der Waals surface area (Å²) in [6.07, 6.45) is 3.81. The molecule has 0 saturated heterocycles. The highest BCUT2D eigenvalue weighted by Gasteiger charge is 2.21. The lowest BCUT2D eigenvalue weighted by molar-refractivity contribution is -0.137. The van der Waals surface area contributed by atoms with Crippen molar-refractivity contribution in [2.45, 2.75) is 59.3 Å². The molecule has 6 heteroatoms. The first-order chi connectivity index (χ1) is 10.9. The summed E-state index contributed by atoms with van der Waals surface area (Å²) < 4.78 is 0. The van der Waals surface area contributed by atoms with Crippen molar-refractivity contribution in [3.8, 4) is 0 Å². The number of nitrogens with one attached hydrogen (secondary N) is 2. The van der Waals surface area contributed by atoms with E-state index in [0.717, 1.165) is 30.5 Å². The Labute approximate surface area is 136 Å². The first kappa shape index (κ1) is 18.9. The summed E-state index contributed by atoms with van der Waals surface area (Å²) in [6, 6.07) is 0. The Bertz CT molecular complexity index is 575. The minimum absolute atomic E-state index is 0.0325. The Kier molecular flexibility index (Phi) is 7.51. The van der Waals surface area contributed by atoms with E-state index in [2.05, 4.69) is 10.3 Å². The molecule has 0 unspecified atom stereocenters. The van der Waals surface area contributed by atoms with E-state index in [1.54, 1.807) is 6.92 Å². The van der Waals surface area contributed by atoms with Crippen LogP contribution in [0.5, 0.6) is 0 Å². The van der Waals surface area contributed by atoms with Crippen LogP contribution in [0.3, 0.4) is 0 Å². The average Bonchev–Trinajstić information content (AvgIpc) is 2.79. The monoisotopic (exact) mass is 322 g/mol. The fourth-order valence-corrected chi connectivity index (χ4v) is 2.72. The van der Waals surface area contributed by atoms with Gasteiger partial charge in [-0.25, -0.2) is 0 Å². The molecule has 1 aromatic rings. The number of amides is 1. The number of hydrogen-bond donors (Lipinski definition) is 3. The number of aryl methyl sites for hydroxylation is 1. The number of ketones is 1. The van der Waals surface area contributed by atoms with Gasteiger partial charge < -0.3 is 15.4 Å². The van der Waals surface area contributed by atoms with Crippen molar-refractivity contribution >= 4 is 17.7 Å². The van der Waals surface area contributed by atoms with Crippen molar-refractivity contribution in [3.63, 3.8) is 0 Å². The van der Waals surface area contributed by atoms with E-state index < -0.39 is 5.97 Å². The Balaban J connectivity index is 2.64. The van der Waals surface area contributed by atoms with Gasteiger partial charge in [0.05, 0.1) is 0 Å². The molecule has 0 aromatic carbocycles. The number of aliphatic carboxylic acids is 1. The normalized spacial score (nSPS) is 10.6. The quantitative estimate of drug-likeness (QED) is 0.455. The van der Waals surface area contributed by atoms with Crippen LogP contribution in [0.4, 0.5) is 0 Å². The molecule has 0 aliphatic heterocycles. The zero-order valence-electron chi connectivity index (χ0n) is 14.1. The van der Waals surface area contributed by atoms with E-state index >= 15 is 0 Å². The summed E-state index contributed by atoms with van der Waals surface area (Å²) in [6.45, 7) is 5.83. The second kappa shape index (κ2) is 9.12. The molecule has 3 N–H and O–H groups in total. The van der Waals surface area contributed by atoms with Crippen LogP contribution in [0, 0.1) is 6.92 Å². The van der Waals surface area contributed by atoms with Gasteiger partial charge in [-0.3, -0.25) is 14.4 Å². The maximum Gasteiger partial charge on any atom is 0.303 e. The minimum atomic E-state index is -0.795. The number of H-pyrrole nitrogens is 1. The van der Waals surface area contributed by atoms with Crippen molar-refractivity contribution in [1.82, 2.24) is 10.3 Å².